The van der Waals surface area contributed by atoms with E-state index in [0.717, 1.165) is 16.4 Å². The Morgan fingerprint density at radius 2 is 1.45 bits per heavy atom. The minimum Gasteiger partial charge on any atom is -0.348 e. The highest BCUT2D eigenvalue weighted by atomic mass is 35.5. The number of aromatic nitrogens is 1. The molecular weight excluding hydrogens is 518 g/mol. The number of benzene rings is 2. The van der Waals surface area contributed by atoms with Crippen molar-refractivity contribution in [2.45, 2.75) is 29.4 Å². The first kappa shape index (κ1) is 23.1. The Morgan fingerprint density at radius 3 is 2.03 bits per heavy atom. The quantitative estimate of drug-likeness (QED) is 0.361. The zero-order chi connectivity index (χ0) is 22.2. The van der Waals surface area contributed by atoms with Crippen LogP contribution in [-0.2, 0) is 16.3 Å². The maximum atomic E-state index is 13.0. The first-order valence-electron chi connectivity index (χ1n) is 9.55. The molecule has 4 nitrogen and oxygen atoms in total. The van der Waals surface area contributed by atoms with Gasteiger partial charge in [0.1, 0.15) is 0 Å². The molecule has 1 saturated heterocycles. The number of rotatable bonds is 5. The second kappa shape index (κ2) is 9.46. The van der Waals surface area contributed by atoms with Crippen LogP contribution in [0, 0.1) is 0 Å². The largest absolute Gasteiger partial charge is 0.348 e. The molecule has 3 aromatic rings. The van der Waals surface area contributed by atoms with E-state index in [1.165, 1.54) is 18.2 Å². The minimum atomic E-state index is -3.49. The van der Waals surface area contributed by atoms with Crippen LogP contribution in [0.25, 0.3) is 0 Å². The molecule has 0 bridgehead atoms. The fraction of sp³-hybridized carbons (Fsp3) is 0.286. The molecule has 1 aromatic heterocycles. The second-order valence-electron chi connectivity index (χ2n) is 7.41. The Labute approximate surface area is 205 Å². The van der Waals surface area contributed by atoms with Gasteiger partial charge >= 0.3 is 0 Å². The topological polar surface area (TPSA) is 50.3 Å². The first-order valence-corrected chi connectivity index (χ1v) is 13.5. The summed E-state index contributed by atoms with van der Waals surface area (Å²) < 4.78 is 26.1. The second-order valence-corrected chi connectivity index (χ2v) is 12.2. The van der Waals surface area contributed by atoms with Crippen LogP contribution in [0.5, 0.6) is 0 Å². The summed E-state index contributed by atoms with van der Waals surface area (Å²) in [5.74, 6) is 0. The number of hydrogen-bond donors (Lipinski definition) is 0. The molecular formula is C21H18Cl4N2O2S2. The predicted octanol–water partition coefficient (Wildman–Crippen LogP) is 6.79. The molecule has 0 atom stereocenters. The normalized spacial score (nSPS) is 15.4. The zero-order valence-electron chi connectivity index (χ0n) is 16.2. The van der Waals surface area contributed by atoms with E-state index in [2.05, 4.69) is 4.90 Å². The molecule has 10 heteroatoms. The van der Waals surface area contributed by atoms with Gasteiger partial charge in [0.25, 0.3) is 0 Å². The Kier molecular flexibility index (Phi) is 7.06. The predicted molar refractivity (Wildman–Crippen MR) is 130 cm³/mol. The van der Waals surface area contributed by atoms with Gasteiger partial charge in [-0.3, -0.25) is 0 Å². The fourth-order valence-electron chi connectivity index (χ4n) is 3.69. The Bertz CT molecular complexity index is 1170. The van der Waals surface area contributed by atoms with Gasteiger partial charge in [-0.2, -0.15) is 0 Å². The molecule has 0 aliphatic carbocycles. The van der Waals surface area contributed by atoms with Crippen LogP contribution in [0.2, 0.25) is 20.1 Å². The number of anilines is 1. The Morgan fingerprint density at radius 1 is 0.903 bits per heavy atom. The molecule has 1 aliphatic rings. The number of halogens is 4. The summed E-state index contributed by atoms with van der Waals surface area (Å²) >= 11 is 25.7. The highest BCUT2D eigenvalue weighted by Crippen LogP contribution is 2.32. The lowest BCUT2D eigenvalue weighted by atomic mass is 10.1. The van der Waals surface area contributed by atoms with E-state index in [9.17, 15) is 8.42 Å². The molecule has 164 valence electrons. The van der Waals surface area contributed by atoms with Crippen LogP contribution < -0.4 is 4.90 Å². The third-order valence-corrected chi connectivity index (χ3v) is 9.23. The molecule has 1 aliphatic heterocycles. The van der Waals surface area contributed by atoms with E-state index in [0.29, 0.717) is 52.4 Å². The molecule has 4 rings (SSSR count). The van der Waals surface area contributed by atoms with Crippen molar-refractivity contribution >= 4 is 72.7 Å². The molecule has 0 unspecified atom stereocenters. The van der Waals surface area contributed by atoms with Crippen LogP contribution in [0.3, 0.4) is 0 Å². The third-order valence-electron chi connectivity index (χ3n) is 5.16. The standard InChI is InChI=1S/C21H18Cl4N2O2S2/c22-14-5-13(6-15(23)8-14)7-18-12-30-21(26-18)27-3-1-19(2-4-27)31(28,29)20-10-16(24)9-17(25)11-20/h5-6,8-12,19H,1-4,7H2. The Hall–Kier alpha value is -1.02. The van der Waals surface area contributed by atoms with Gasteiger partial charge in [0, 0.05) is 45.0 Å². The molecule has 0 spiro atoms. The monoisotopic (exact) mass is 534 g/mol. The van der Waals surface area contributed by atoms with Crippen molar-refractivity contribution in [3.63, 3.8) is 0 Å². The van der Waals surface area contributed by atoms with Gasteiger partial charge in [-0.05, 0) is 54.8 Å². The van der Waals surface area contributed by atoms with E-state index in [-0.39, 0.29) is 4.90 Å². The van der Waals surface area contributed by atoms with Crippen molar-refractivity contribution in [3.8, 4) is 0 Å². The molecule has 0 N–H and O–H groups in total. The van der Waals surface area contributed by atoms with Crippen LogP contribution >= 0.6 is 57.7 Å². The maximum absolute atomic E-state index is 13.0. The Balaban J connectivity index is 1.42. The van der Waals surface area contributed by atoms with Crippen LogP contribution in [-0.4, -0.2) is 31.7 Å². The van der Waals surface area contributed by atoms with Crippen molar-refractivity contribution in [1.29, 1.82) is 0 Å². The summed E-state index contributed by atoms with van der Waals surface area (Å²) in [7, 11) is -3.49. The van der Waals surface area contributed by atoms with Gasteiger partial charge < -0.3 is 4.90 Å². The SMILES string of the molecule is O=S(=O)(c1cc(Cl)cc(Cl)c1)C1CCN(c2nc(Cc3cc(Cl)cc(Cl)c3)cs2)CC1. The van der Waals surface area contributed by atoms with Crippen LogP contribution in [0.1, 0.15) is 24.1 Å². The van der Waals surface area contributed by atoms with Crippen LogP contribution in [0.15, 0.2) is 46.7 Å². The zero-order valence-corrected chi connectivity index (χ0v) is 20.9. The molecule has 0 radical (unpaired) electrons. The van der Waals surface area contributed by atoms with E-state index < -0.39 is 15.1 Å². The van der Waals surface area contributed by atoms with E-state index in [1.54, 1.807) is 17.4 Å². The van der Waals surface area contributed by atoms with Gasteiger partial charge in [0.15, 0.2) is 15.0 Å². The van der Waals surface area contributed by atoms with Crippen molar-refractivity contribution in [2.75, 3.05) is 18.0 Å². The smallest absolute Gasteiger partial charge is 0.185 e. The summed E-state index contributed by atoms with van der Waals surface area (Å²) in [5, 5.41) is 4.28. The maximum Gasteiger partial charge on any atom is 0.185 e. The van der Waals surface area contributed by atoms with Crippen molar-refractivity contribution in [3.05, 3.63) is 73.1 Å². The number of hydrogen-bond acceptors (Lipinski definition) is 5. The lowest BCUT2D eigenvalue weighted by molar-refractivity contribution is 0.529. The van der Waals surface area contributed by atoms with Gasteiger partial charge in [-0.15, -0.1) is 11.3 Å². The van der Waals surface area contributed by atoms with Crippen molar-refractivity contribution in [1.82, 2.24) is 4.98 Å². The summed E-state index contributed by atoms with van der Waals surface area (Å²) in [6.07, 6.45) is 1.67. The summed E-state index contributed by atoms with van der Waals surface area (Å²) in [6, 6.07) is 9.92. The minimum absolute atomic E-state index is 0.181. The fourth-order valence-corrected chi connectivity index (χ4v) is 7.59. The summed E-state index contributed by atoms with van der Waals surface area (Å²) in [6.45, 7) is 1.24. The first-order chi connectivity index (χ1) is 14.7. The molecule has 2 aromatic carbocycles. The third kappa shape index (κ3) is 5.49. The molecule has 0 amide bonds. The van der Waals surface area contributed by atoms with Gasteiger partial charge in [-0.1, -0.05) is 46.4 Å². The van der Waals surface area contributed by atoms with Gasteiger partial charge in [0.05, 0.1) is 15.8 Å². The summed E-state index contributed by atoms with van der Waals surface area (Å²) in [4.78, 5) is 7.05. The average molecular weight is 536 g/mol. The lowest BCUT2D eigenvalue weighted by Crippen LogP contribution is -2.39. The highest BCUT2D eigenvalue weighted by molar-refractivity contribution is 7.92. The average Bonchev–Trinajstić information content (AvgIpc) is 3.15. The van der Waals surface area contributed by atoms with Crippen LogP contribution in [0.4, 0.5) is 5.13 Å². The molecule has 1 fully saturated rings. The van der Waals surface area contributed by atoms with Crippen molar-refractivity contribution in [2.24, 2.45) is 0 Å². The van der Waals surface area contributed by atoms with E-state index in [1.807, 2.05) is 17.5 Å². The number of piperidine rings is 1. The van der Waals surface area contributed by atoms with Gasteiger partial charge in [-0.25, -0.2) is 13.4 Å². The molecule has 2 heterocycles. The number of nitrogens with zero attached hydrogens (tertiary/aromatic N) is 2. The molecule has 0 saturated carbocycles. The number of thiazole rings is 1. The van der Waals surface area contributed by atoms with Gasteiger partial charge in [0.2, 0.25) is 0 Å². The molecule has 31 heavy (non-hydrogen) atoms. The summed E-state index contributed by atoms with van der Waals surface area (Å²) in [5.41, 5.74) is 1.93. The highest BCUT2D eigenvalue weighted by Gasteiger charge is 2.32. The van der Waals surface area contributed by atoms with E-state index in [4.69, 9.17) is 51.4 Å². The van der Waals surface area contributed by atoms with E-state index >= 15 is 0 Å². The number of sulfone groups is 1. The van der Waals surface area contributed by atoms with Crippen molar-refractivity contribution < 1.29 is 8.42 Å². The lowest BCUT2D eigenvalue weighted by Gasteiger charge is -2.31.